The zero-order chi connectivity index (χ0) is 23.7. The highest BCUT2D eigenvalue weighted by Gasteiger charge is 2.21. The van der Waals surface area contributed by atoms with E-state index in [2.05, 4.69) is 113 Å². The first kappa shape index (κ1) is 21.8. The maximum absolute atomic E-state index is 5.41. The Morgan fingerprint density at radius 1 is 0.412 bits per heavy atom. The van der Waals surface area contributed by atoms with E-state index in [1.165, 1.54) is 22.3 Å². The maximum atomic E-state index is 5.41. The van der Waals surface area contributed by atoms with Gasteiger partial charge in [0, 0.05) is 22.3 Å². The van der Waals surface area contributed by atoms with Crippen molar-refractivity contribution in [2.24, 2.45) is 0 Å². The molecule has 0 atom stereocenters. The molecule has 5 aromatic rings. The van der Waals surface area contributed by atoms with Crippen LogP contribution in [0.3, 0.4) is 0 Å². The fourth-order valence-electron chi connectivity index (χ4n) is 4.39. The molecular formula is C32H28N2. The predicted molar refractivity (Wildman–Crippen MR) is 143 cm³/mol. The second-order valence-corrected chi connectivity index (χ2v) is 8.99. The minimum atomic E-state index is 0.905. The average Bonchev–Trinajstić information content (AvgIpc) is 2.87. The van der Waals surface area contributed by atoms with E-state index in [-0.39, 0.29) is 0 Å². The standard InChI is InChI=1S/C32H28N2/c1-21-15-17-23(3)27(19-21)31-29(25-11-7-5-8-12-25)33-30(26-13-9-6-10-14-26)32(34-31)28-20-22(2)16-18-24(28)4/h5-20H,1-4H3. The summed E-state index contributed by atoms with van der Waals surface area (Å²) in [5.74, 6) is 0. The highest BCUT2D eigenvalue weighted by molar-refractivity contribution is 5.88. The van der Waals surface area contributed by atoms with Gasteiger partial charge in [-0.3, -0.25) is 0 Å². The molecular weight excluding hydrogens is 412 g/mol. The predicted octanol–water partition coefficient (Wildman–Crippen LogP) is 8.38. The van der Waals surface area contributed by atoms with Gasteiger partial charge in [-0.05, 0) is 51.0 Å². The highest BCUT2D eigenvalue weighted by atomic mass is 14.9. The van der Waals surface area contributed by atoms with Gasteiger partial charge in [0.25, 0.3) is 0 Å². The van der Waals surface area contributed by atoms with E-state index in [4.69, 9.17) is 9.97 Å². The van der Waals surface area contributed by atoms with Crippen LogP contribution in [0, 0.1) is 27.7 Å². The molecule has 0 amide bonds. The van der Waals surface area contributed by atoms with Crippen LogP contribution >= 0.6 is 0 Å². The molecule has 0 radical (unpaired) electrons. The van der Waals surface area contributed by atoms with Gasteiger partial charge in [-0.15, -0.1) is 0 Å². The summed E-state index contributed by atoms with van der Waals surface area (Å²) in [4.78, 5) is 10.8. The van der Waals surface area contributed by atoms with Crippen LogP contribution in [-0.4, -0.2) is 9.97 Å². The quantitative estimate of drug-likeness (QED) is 0.280. The second-order valence-electron chi connectivity index (χ2n) is 8.99. The summed E-state index contributed by atoms with van der Waals surface area (Å²) in [5, 5.41) is 0. The molecule has 0 aliphatic carbocycles. The lowest BCUT2D eigenvalue weighted by molar-refractivity contribution is 1.20. The van der Waals surface area contributed by atoms with Gasteiger partial charge in [0.15, 0.2) is 0 Å². The van der Waals surface area contributed by atoms with Gasteiger partial charge in [-0.25, -0.2) is 9.97 Å². The highest BCUT2D eigenvalue weighted by Crippen LogP contribution is 2.39. The van der Waals surface area contributed by atoms with Crippen LogP contribution in [0.4, 0.5) is 0 Å². The van der Waals surface area contributed by atoms with Gasteiger partial charge in [-0.1, -0.05) is 96.1 Å². The summed E-state index contributed by atoms with van der Waals surface area (Å²) in [6.45, 7) is 8.55. The van der Waals surface area contributed by atoms with Crippen molar-refractivity contribution in [1.82, 2.24) is 9.97 Å². The van der Waals surface area contributed by atoms with Crippen LogP contribution in [0.2, 0.25) is 0 Å². The molecule has 166 valence electrons. The Kier molecular flexibility index (Phi) is 5.81. The van der Waals surface area contributed by atoms with Crippen molar-refractivity contribution in [3.8, 4) is 45.0 Å². The molecule has 0 saturated heterocycles. The largest absolute Gasteiger partial charge is 0.243 e. The van der Waals surface area contributed by atoms with Gasteiger partial charge in [0.05, 0.1) is 22.8 Å². The lowest BCUT2D eigenvalue weighted by Crippen LogP contribution is -2.02. The van der Waals surface area contributed by atoms with Crippen molar-refractivity contribution in [3.05, 3.63) is 119 Å². The average molecular weight is 441 g/mol. The van der Waals surface area contributed by atoms with Gasteiger partial charge in [0.1, 0.15) is 0 Å². The lowest BCUT2D eigenvalue weighted by atomic mass is 9.95. The first-order valence-electron chi connectivity index (χ1n) is 11.7. The van der Waals surface area contributed by atoms with Crippen LogP contribution in [0.5, 0.6) is 0 Å². The third kappa shape index (κ3) is 4.15. The lowest BCUT2D eigenvalue weighted by Gasteiger charge is -2.18. The van der Waals surface area contributed by atoms with Crippen molar-refractivity contribution in [3.63, 3.8) is 0 Å². The minimum absolute atomic E-state index is 0.905. The zero-order valence-electron chi connectivity index (χ0n) is 20.1. The second kappa shape index (κ2) is 9.07. The molecule has 2 heteroatoms. The van der Waals surface area contributed by atoms with Gasteiger partial charge >= 0.3 is 0 Å². The van der Waals surface area contributed by atoms with E-state index in [0.717, 1.165) is 45.0 Å². The van der Waals surface area contributed by atoms with E-state index in [1.807, 2.05) is 12.1 Å². The molecule has 0 N–H and O–H groups in total. The van der Waals surface area contributed by atoms with E-state index in [1.54, 1.807) is 0 Å². The van der Waals surface area contributed by atoms with Gasteiger partial charge < -0.3 is 0 Å². The Labute approximate surface area is 202 Å². The van der Waals surface area contributed by atoms with Crippen LogP contribution in [0.1, 0.15) is 22.3 Å². The van der Waals surface area contributed by atoms with Crippen LogP contribution in [-0.2, 0) is 0 Å². The summed E-state index contributed by atoms with van der Waals surface area (Å²) in [6.07, 6.45) is 0. The molecule has 0 unspecified atom stereocenters. The summed E-state index contributed by atoms with van der Waals surface area (Å²) in [7, 11) is 0. The third-order valence-electron chi connectivity index (χ3n) is 6.29. The van der Waals surface area contributed by atoms with Crippen LogP contribution in [0.25, 0.3) is 45.0 Å². The molecule has 5 rings (SSSR count). The van der Waals surface area contributed by atoms with Crippen molar-refractivity contribution < 1.29 is 0 Å². The molecule has 0 saturated carbocycles. The molecule has 1 aromatic heterocycles. The molecule has 0 fully saturated rings. The van der Waals surface area contributed by atoms with Crippen LogP contribution in [0.15, 0.2) is 97.1 Å². The Morgan fingerprint density at radius 2 is 0.794 bits per heavy atom. The monoisotopic (exact) mass is 440 g/mol. The molecule has 1 heterocycles. The van der Waals surface area contributed by atoms with E-state index < -0.39 is 0 Å². The van der Waals surface area contributed by atoms with E-state index in [0.29, 0.717) is 0 Å². The number of hydrogen-bond donors (Lipinski definition) is 0. The summed E-state index contributed by atoms with van der Waals surface area (Å²) in [5.41, 5.74) is 12.8. The Hall–Kier alpha value is -4.04. The molecule has 0 aliphatic heterocycles. The van der Waals surface area contributed by atoms with Crippen molar-refractivity contribution in [2.45, 2.75) is 27.7 Å². The number of aromatic nitrogens is 2. The normalized spacial score (nSPS) is 10.9. The topological polar surface area (TPSA) is 25.8 Å². The van der Waals surface area contributed by atoms with Crippen LogP contribution < -0.4 is 0 Å². The summed E-state index contributed by atoms with van der Waals surface area (Å²) in [6, 6.07) is 33.9. The molecule has 0 spiro atoms. The minimum Gasteiger partial charge on any atom is -0.243 e. The fraction of sp³-hybridized carbons (Fsp3) is 0.125. The molecule has 34 heavy (non-hydrogen) atoms. The Balaban J connectivity index is 1.91. The number of benzene rings is 4. The number of rotatable bonds is 4. The zero-order valence-corrected chi connectivity index (χ0v) is 20.1. The van der Waals surface area contributed by atoms with Crippen molar-refractivity contribution >= 4 is 0 Å². The molecule has 4 aromatic carbocycles. The first-order valence-corrected chi connectivity index (χ1v) is 11.7. The smallest absolute Gasteiger partial charge is 0.0976 e. The first-order chi connectivity index (χ1) is 16.5. The number of hydrogen-bond acceptors (Lipinski definition) is 2. The summed E-state index contributed by atoms with van der Waals surface area (Å²) < 4.78 is 0. The van der Waals surface area contributed by atoms with E-state index >= 15 is 0 Å². The number of nitrogens with zero attached hydrogens (tertiary/aromatic N) is 2. The fourth-order valence-corrected chi connectivity index (χ4v) is 4.39. The SMILES string of the molecule is Cc1ccc(C)c(-c2nc(-c3cc(C)ccc3C)c(-c3ccccc3)nc2-c2ccccc2)c1. The Morgan fingerprint density at radius 3 is 1.21 bits per heavy atom. The maximum Gasteiger partial charge on any atom is 0.0976 e. The van der Waals surface area contributed by atoms with E-state index in [9.17, 15) is 0 Å². The molecule has 2 nitrogen and oxygen atoms in total. The summed E-state index contributed by atoms with van der Waals surface area (Å²) >= 11 is 0. The van der Waals surface area contributed by atoms with Gasteiger partial charge in [0.2, 0.25) is 0 Å². The molecule has 0 aliphatic rings. The number of aryl methyl sites for hydroxylation is 4. The Bertz CT molecular complexity index is 1360. The third-order valence-corrected chi connectivity index (χ3v) is 6.29. The molecule has 0 bridgehead atoms. The van der Waals surface area contributed by atoms with Gasteiger partial charge in [-0.2, -0.15) is 0 Å². The van der Waals surface area contributed by atoms with Crippen molar-refractivity contribution in [2.75, 3.05) is 0 Å². The van der Waals surface area contributed by atoms with Crippen molar-refractivity contribution in [1.29, 1.82) is 0 Å².